The summed E-state index contributed by atoms with van der Waals surface area (Å²) in [4.78, 5) is 4.21. The summed E-state index contributed by atoms with van der Waals surface area (Å²) in [5.41, 5.74) is 7.30. The maximum absolute atomic E-state index is 9.23. The Bertz CT molecular complexity index is 326. The Morgan fingerprint density at radius 2 is 2.20 bits per heavy atom. The summed E-state index contributed by atoms with van der Waals surface area (Å²) in [6, 6.07) is 2.07. The zero-order chi connectivity index (χ0) is 11.4. The van der Waals surface area contributed by atoms with Gasteiger partial charge in [0.15, 0.2) is 0 Å². The molecule has 4 nitrogen and oxygen atoms in total. The summed E-state index contributed by atoms with van der Waals surface area (Å²) in [5.74, 6) is 0.831. The number of hydrogen-bond donors (Lipinski definition) is 3. The highest BCUT2D eigenvalue weighted by atomic mass is 16.3. The third kappa shape index (κ3) is 3.75. The summed E-state index contributed by atoms with van der Waals surface area (Å²) >= 11 is 0. The number of aliphatic hydroxyl groups excluding tert-OH is 1. The van der Waals surface area contributed by atoms with Gasteiger partial charge in [-0.2, -0.15) is 0 Å². The molecule has 0 radical (unpaired) electrons. The van der Waals surface area contributed by atoms with Crippen molar-refractivity contribution < 1.29 is 5.11 Å². The van der Waals surface area contributed by atoms with E-state index in [-0.39, 0.29) is 12.1 Å². The van der Waals surface area contributed by atoms with E-state index in [9.17, 15) is 5.11 Å². The van der Waals surface area contributed by atoms with Crippen LogP contribution < -0.4 is 11.1 Å². The van der Waals surface area contributed by atoms with E-state index in [0.717, 1.165) is 11.4 Å². The third-order valence-corrected chi connectivity index (χ3v) is 2.18. The van der Waals surface area contributed by atoms with Crippen molar-refractivity contribution in [1.82, 2.24) is 4.98 Å². The van der Waals surface area contributed by atoms with Gasteiger partial charge in [0.05, 0.1) is 18.0 Å². The Hall–Kier alpha value is -1.29. The van der Waals surface area contributed by atoms with Crippen molar-refractivity contribution >= 4 is 11.5 Å². The normalized spacial score (nSPS) is 14.7. The maximum atomic E-state index is 9.23. The molecule has 4 heteroatoms. The second-order valence-electron chi connectivity index (χ2n) is 4.06. The molecule has 1 rings (SSSR count). The Balaban J connectivity index is 2.64. The number of nitrogens with one attached hydrogen (secondary N) is 1. The highest BCUT2D eigenvalue weighted by Gasteiger charge is 2.08. The molecule has 15 heavy (non-hydrogen) atoms. The molecule has 0 aliphatic rings. The van der Waals surface area contributed by atoms with Crippen LogP contribution in [0.15, 0.2) is 12.3 Å². The smallest absolute Gasteiger partial charge is 0.129 e. The molecule has 0 aliphatic carbocycles. The number of hydrogen-bond acceptors (Lipinski definition) is 4. The van der Waals surface area contributed by atoms with Crippen molar-refractivity contribution in [1.29, 1.82) is 0 Å². The van der Waals surface area contributed by atoms with Crippen LogP contribution in [0.25, 0.3) is 0 Å². The molecule has 0 fully saturated rings. The molecule has 0 amide bonds. The highest BCUT2D eigenvalue weighted by molar-refractivity contribution is 5.51. The lowest BCUT2D eigenvalue weighted by Gasteiger charge is -2.17. The molecule has 0 aliphatic heterocycles. The van der Waals surface area contributed by atoms with Gasteiger partial charge < -0.3 is 16.2 Å². The minimum absolute atomic E-state index is 0.194. The number of nitrogens with zero attached hydrogens (tertiary/aromatic N) is 1. The molecule has 2 atom stereocenters. The topological polar surface area (TPSA) is 71.2 Å². The number of aryl methyl sites for hydroxylation is 1. The first-order valence-electron chi connectivity index (χ1n) is 5.15. The van der Waals surface area contributed by atoms with Gasteiger partial charge in [-0.25, -0.2) is 4.98 Å². The van der Waals surface area contributed by atoms with Gasteiger partial charge in [-0.15, -0.1) is 0 Å². The van der Waals surface area contributed by atoms with Gasteiger partial charge >= 0.3 is 0 Å². The second kappa shape index (κ2) is 4.98. The highest BCUT2D eigenvalue weighted by Crippen LogP contribution is 2.15. The maximum Gasteiger partial charge on any atom is 0.129 e. The van der Waals surface area contributed by atoms with Gasteiger partial charge in [-0.05, 0) is 38.8 Å². The molecular formula is C11H19N3O. The van der Waals surface area contributed by atoms with Gasteiger partial charge in [0.2, 0.25) is 0 Å². The monoisotopic (exact) mass is 209 g/mol. The average Bonchev–Trinajstić information content (AvgIpc) is 2.08. The Labute approximate surface area is 90.5 Å². The van der Waals surface area contributed by atoms with Crippen LogP contribution in [0.3, 0.4) is 0 Å². The first-order valence-corrected chi connectivity index (χ1v) is 5.15. The lowest BCUT2D eigenvalue weighted by atomic mass is 10.1. The van der Waals surface area contributed by atoms with Crippen molar-refractivity contribution in [2.75, 3.05) is 11.1 Å². The van der Waals surface area contributed by atoms with E-state index >= 15 is 0 Å². The summed E-state index contributed by atoms with van der Waals surface area (Å²) < 4.78 is 0. The lowest BCUT2D eigenvalue weighted by Crippen LogP contribution is -2.21. The number of anilines is 2. The van der Waals surface area contributed by atoms with Crippen LogP contribution in [0.4, 0.5) is 11.5 Å². The molecule has 84 valence electrons. The van der Waals surface area contributed by atoms with Gasteiger partial charge in [-0.3, -0.25) is 0 Å². The standard InChI is InChI=1S/C11H19N3O/c1-7-4-10(12)6-13-11(7)14-8(2)5-9(3)15/h4,6,8-9,15H,5,12H2,1-3H3,(H,13,14). The number of aromatic nitrogens is 1. The van der Waals surface area contributed by atoms with Crippen molar-refractivity contribution in [3.63, 3.8) is 0 Å². The van der Waals surface area contributed by atoms with E-state index in [0.29, 0.717) is 12.1 Å². The SMILES string of the molecule is Cc1cc(N)cnc1NC(C)CC(C)O. The van der Waals surface area contributed by atoms with Crippen molar-refractivity contribution in [2.24, 2.45) is 0 Å². The molecule has 1 aromatic heterocycles. The van der Waals surface area contributed by atoms with E-state index in [2.05, 4.69) is 10.3 Å². The zero-order valence-electron chi connectivity index (χ0n) is 9.49. The van der Waals surface area contributed by atoms with Gasteiger partial charge in [-0.1, -0.05) is 0 Å². The molecular weight excluding hydrogens is 190 g/mol. The van der Waals surface area contributed by atoms with Crippen LogP contribution >= 0.6 is 0 Å². The number of nitrogens with two attached hydrogens (primary N) is 1. The summed E-state index contributed by atoms with van der Waals surface area (Å²) in [6.45, 7) is 5.76. The van der Waals surface area contributed by atoms with Crippen LogP contribution in [0.1, 0.15) is 25.8 Å². The van der Waals surface area contributed by atoms with Crippen LogP contribution in [-0.4, -0.2) is 22.2 Å². The number of nitrogen functional groups attached to an aromatic ring is 1. The zero-order valence-corrected chi connectivity index (χ0v) is 9.49. The average molecular weight is 209 g/mol. The third-order valence-electron chi connectivity index (χ3n) is 2.18. The molecule has 0 aromatic carbocycles. The summed E-state index contributed by atoms with van der Waals surface area (Å²) in [6.07, 6.45) is 2.03. The molecule has 4 N–H and O–H groups in total. The van der Waals surface area contributed by atoms with Crippen LogP contribution in [0.2, 0.25) is 0 Å². The largest absolute Gasteiger partial charge is 0.397 e. The number of rotatable bonds is 4. The molecule has 0 saturated carbocycles. The van der Waals surface area contributed by atoms with Gasteiger partial charge in [0.25, 0.3) is 0 Å². The molecule has 0 spiro atoms. The first kappa shape index (κ1) is 11.8. The summed E-state index contributed by atoms with van der Waals surface area (Å²) in [7, 11) is 0. The minimum Gasteiger partial charge on any atom is -0.397 e. The van der Waals surface area contributed by atoms with E-state index in [1.165, 1.54) is 0 Å². The Kier molecular flexibility index (Phi) is 3.91. The van der Waals surface area contributed by atoms with Crippen molar-refractivity contribution in [3.8, 4) is 0 Å². The fraction of sp³-hybridized carbons (Fsp3) is 0.545. The van der Waals surface area contributed by atoms with Gasteiger partial charge in [0, 0.05) is 6.04 Å². The predicted octanol–water partition coefficient (Wildman–Crippen LogP) is 1.54. The predicted molar refractivity (Wildman–Crippen MR) is 62.8 cm³/mol. The first-order chi connectivity index (χ1) is 6.99. The fourth-order valence-electron chi connectivity index (χ4n) is 1.55. The van der Waals surface area contributed by atoms with Crippen LogP contribution in [0, 0.1) is 6.92 Å². The number of aliphatic hydroxyl groups is 1. The Morgan fingerprint density at radius 1 is 1.53 bits per heavy atom. The van der Waals surface area contributed by atoms with Crippen molar-refractivity contribution in [3.05, 3.63) is 17.8 Å². The molecule has 2 unspecified atom stereocenters. The van der Waals surface area contributed by atoms with Crippen molar-refractivity contribution in [2.45, 2.75) is 39.3 Å². The van der Waals surface area contributed by atoms with Crippen LogP contribution in [-0.2, 0) is 0 Å². The van der Waals surface area contributed by atoms with E-state index in [1.807, 2.05) is 19.9 Å². The molecule has 1 heterocycles. The quantitative estimate of drug-likeness (QED) is 0.703. The number of pyridine rings is 1. The molecule has 0 saturated heterocycles. The molecule has 1 aromatic rings. The van der Waals surface area contributed by atoms with Crippen LogP contribution in [0.5, 0.6) is 0 Å². The summed E-state index contributed by atoms with van der Waals surface area (Å²) in [5, 5.41) is 12.5. The lowest BCUT2D eigenvalue weighted by molar-refractivity contribution is 0.179. The Morgan fingerprint density at radius 3 is 2.73 bits per heavy atom. The minimum atomic E-state index is -0.304. The van der Waals surface area contributed by atoms with E-state index < -0.39 is 0 Å². The van der Waals surface area contributed by atoms with Gasteiger partial charge in [0.1, 0.15) is 5.82 Å². The second-order valence-corrected chi connectivity index (χ2v) is 4.06. The van der Waals surface area contributed by atoms with E-state index in [1.54, 1.807) is 13.1 Å². The fourth-order valence-corrected chi connectivity index (χ4v) is 1.55. The molecule has 0 bridgehead atoms. The van der Waals surface area contributed by atoms with E-state index in [4.69, 9.17) is 5.73 Å².